The third-order valence-electron chi connectivity index (χ3n) is 5.98. The molecule has 1 fully saturated rings. The number of aromatic nitrogens is 1. The van der Waals surface area contributed by atoms with Crippen molar-refractivity contribution in [2.45, 2.75) is 60.4 Å². The zero-order chi connectivity index (χ0) is 22.2. The van der Waals surface area contributed by atoms with Gasteiger partial charge in [-0.3, -0.25) is 9.89 Å². The molecule has 0 bridgehead atoms. The average molecular weight is 426 g/mol. The molecule has 2 aromatic rings. The normalized spacial score (nSPS) is 16.0. The highest BCUT2D eigenvalue weighted by Gasteiger charge is 2.21. The lowest BCUT2D eigenvalue weighted by Crippen LogP contribution is -2.39. The summed E-state index contributed by atoms with van der Waals surface area (Å²) < 4.78 is 5.74. The lowest BCUT2D eigenvalue weighted by molar-refractivity contribution is 0.166. The van der Waals surface area contributed by atoms with E-state index in [0.717, 1.165) is 69.0 Å². The van der Waals surface area contributed by atoms with Crippen LogP contribution in [0.4, 0.5) is 0 Å². The van der Waals surface area contributed by atoms with E-state index in [1.54, 1.807) is 0 Å². The second-order valence-electron chi connectivity index (χ2n) is 8.86. The molecule has 1 aromatic carbocycles. The van der Waals surface area contributed by atoms with Gasteiger partial charge >= 0.3 is 0 Å². The summed E-state index contributed by atoms with van der Waals surface area (Å²) in [6.07, 6.45) is 3.35. The number of nitrogens with zero attached hydrogens (tertiary/aromatic N) is 3. The Labute approximate surface area is 187 Å². The maximum atomic E-state index is 5.74. The van der Waals surface area contributed by atoms with Crippen LogP contribution in [0.25, 0.3) is 0 Å². The molecule has 3 rings (SSSR count). The van der Waals surface area contributed by atoms with E-state index < -0.39 is 0 Å². The Bertz CT molecular complexity index is 825. The van der Waals surface area contributed by atoms with Crippen molar-refractivity contribution in [1.29, 1.82) is 0 Å². The lowest BCUT2D eigenvalue weighted by Gasteiger charge is -2.30. The molecular weight excluding hydrogens is 386 g/mol. The number of benzene rings is 1. The van der Waals surface area contributed by atoms with Crippen LogP contribution >= 0.6 is 0 Å². The number of aryl methyl sites for hydroxylation is 4. The van der Waals surface area contributed by atoms with Crippen molar-refractivity contribution >= 4 is 5.96 Å². The van der Waals surface area contributed by atoms with Crippen LogP contribution in [0.15, 0.2) is 27.6 Å². The van der Waals surface area contributed by atoms with Crippen LogP contribution in [0.2, 0.25) is 0 Å². The fraction of sp³-hybridized carbons (Fsp3) is 0.600. The number of nitrogens with one attached hydrogen (secondary N) is 2. The van der Waals surface area contributed by atoms with Crippen LogP contribution in [0.1, 0.15) is 53.8 Å². The van der Waals surface area contributed by atoms with Crippen LogP contribution in [0.3, 0.4) is 0 Å². The molecule has 0 radical (unpaired) electrons. The maximum Gasteiger partial charge on any atom is 0.208 e. The summed E-state index contributed by atoms with van der Waals surface area (Å²) in [5, 5.41) is 6.89. The van der Waals surface area contributed by atoms with Crippen LogP contribution < -0.4 is 10.6 Å². The predicted molar refractivity (Wildman–Crippen MR) is 128 cm³/mol. The molecule has 0 amide bonds. The van der Waals surface area contributed by atoms with Crippen molar-refractivity contribution in [3.8, 4) is 0 Å². The van der Waals surface area contributed by atoms with Gasteiger partial charge in [-0.25, -0.2) is 4.98 Å². The zero-order valence-electron chi connectivity index (χ0n) is 19.9. The minimum Gasteiger partial charge on any atom is -0.444 e. The summed E-state index contributed by atoms with van der Waals surface area (Å²) in [5.41, 5.74) is 5.04. The molecule has 0 unspecified atom stereocenters. The lowest BCUT2D eigenvalue weighted by atomic mass is 9.97. The van der Waals surface area contributed by atoms with Crippen LogP contribution in [0, 0.1) is 33.6 Å². The molecule has 0 saturated carbocycles. The van der Waals surface area contributed by atoms with Gasteiger partial charge in [0.05, 0.1) is 12.2 Å². The maximum absolute atomic E-state index is 5.74. The Morgan fingerprint density at radius 3 is 2.42 bits per heavy atom. The van der Waals surface area contributed by atoms with E-state index in [9.17, 15) is 0 Å². The fourth-order valence-electron chi connectivity index (χ4n) is 4.23. The first-order valence-corrected chi connectivity index (χ1v) is 11.7. The second-order valence-corrected chi connectivity index (χ2v) is 8.86. The minimum atomic E-state index is 0.638. The Balaban J connectivity index is 1.42. The van der Waals surface area contributed by atoms with Crippen LogP contribution in [-0.2, 0) is 13.0 Å². The minimum absolute atomic E-state index is 0.638. The molecule has 2 heterocycles. The third kappa shape index (κ3) is 7.39. The highest BCUT2D eigenvalue weighted by Crippen LogP contribution is 2.20. The van der Waals surface area contributed by atoms with E-state index in [-0.39, 0.29) is 0 Å². The predicted octanol–water partition coefficient (Wildman–Crippen LogP) is 3.92. The van der Waals surface area contributed by atoms with Gasteiger partial charge in [0.25, 0.3) is 0 Å². The monoisotopic (exact) mass is 425 g/mol. The summed E-state index contributed by atoms with van der Waals surface area (Å²) in [7, 11) is 0. The van der Waals surface area contributed by atoms with E-state index in [1.807, 2.05) is 13.8 Å². The summed E-state index contributed by atoms with van der Waals surface area (Å²) >= 11 is 0. The third-order valence-corrected chi connectivity index (χ3v) is 5.98. The second kappa shape index (κ2) is 11.3. The van der Waals surface area contributed by atoms with E-state index in [4.69, 9.17) is 9.41 Å². The number of oxazole rings is 1. The first-order valence-electron chi connectivity index (χ1n) is 11.7. The Morgan fingerprint density at radius 2 is 1.81 bits per heavy atom. The molecule has 1 aliphatic heterocycles. The highest BCUT2D eigenvalue weighted by atomic mass is 16.4. The van der Waals surface area contributed by atoms with Crippen molar-refractivity contribution < 1.29 is 4.42 Å². The Morgan fingerprint density at radius 1 is 1.10 bits per heavy atom. The topological polar surface area (TPSA) is 65.7 Å². The van der Waals surface area contributed by atoms with Crippen molar-refractivity contribution in [3.05, 3.63) is 52.2 Å². The molecule has 6 heteroatoms. The molecule has 0 aliphatic carbocycles. The number of guanidine groups is 1. The summed E-state index contributed by atoms with van der Waals surface area (Å²) in [6.45, 7) is 16.0. The largest absolute Gasteiger partial charge is 0.444 e. The van der Waals surface area contributed by atoms with Crippen LogP contribution in [0.5, 0.6) is 0 Å². The molecule has 6 nitrogen and oxygen atoms in total. The standard InChI is InChI=1S/C25H39N5O/c1-6-26-25(27-10-7-23-14-18(2)13-19(3)15-23)28-16-22-8-11-30(12-9-22)17-24-29-20(4)21(5)31-24/h13-15,22H,6-12,16-17H2,1-5H3,(H2,26,27,28). The Hall–Kier alpha value is -2.34. The summed E-state index contributed by atoms with van der Waals surface area (Å²) in [5.74, 6) is 3.34. The molecule has 0 atom stereocenters. The SMILES string of the molecule is CCNC(=NCC1CCN(Cc2nc(C)c(C)o2)CC1)NCCc1cc(C)cc(C)c1. The number of piperidine rings is 1. The summed E-state index contributed by atoms with van der Waals surface area (Å²) in [4.78, 5) is 11.8. The van der Waals surface area contributed by atoms with Gasteiger partial charge < -0.3 is 15.1 Å². The molecule has 0 spiro atoms. The smallest absolute Gasteiger partial charge is 0.208 e. The van der Waals surface area contributed by atoms with Crippen molar-refractivity contribution in [2.75, 3.05) is 32.7 Å². The van der Waals surface area contributed by atoms with E-state index >= 15 is 0 Å². The van der Waals surface area contributed by atoms with Crippen molar-refractivity contribution in [1.82, 2.24) is 20.5 Å². The molecule has 170 valence electrons. The van der Waals surface area contributed by atoms with E-state index in [2.05, 4.69) is 59.5 Å². The number of likely N-dealkylation sites (tertiary alicyclic amines) is 1. The van der Waals surface area contributed by atoms with Crippen molar-refractivity contribution in [3.63, 3.8) is 0 Å². The molecule has 1 aromatic heterocycles. The van der Waals surface area contributed by atoms with Crippen LogP contribution in [-0.4, -0.2) is 48.6 Å². The van der Waals surface area contributed by atoms with Gasteiger partial charge in [0, 0.05) is 19.6 Å². The van der Waals surface area contributed by atoms with Gasteiger partial charge in [0.15, 0.2) is 5.96 Å². The number of hydrogen-bond donors (Lipinski definition) is 2. The van der Waals surface area contributed by atoms with E-state index in [0.29, 0.717) is 5.92 Å². The van der Waals surface area contributed by atoms with Crippen molar-refractivity contribution in [2.24, 2.45) is 10.9 Å². The van der Waals surface area contributed by atoms with Gasteiger partial charge in [-0.15, -0.1) is 0 Å². The molecular formula is C25H39N5O. The van der Waals surface area contributed by atoms with Gasteiger partial charge in [-0.1, -0.05) is 29.3 Å². The van der Waals surface area contributed by atoms with Gasteiger partial charge in [-0.05, 0) is 78.5 Å². The van der Waals surface area contributed by atoms with E-state index in [1.165, 1.54) is 29.5 Å². The molecule has 1 aliphatic rings. The summed E-state index contributed by atoms with van der Waals surface area (Å²) in [6, 6.07) is 6.77. The first-order chi connectivity index (χ1) is 14.9. The Kier molecular flexibility index (Phi) is 8.52. The number of rotatable bonds is 8. The molecule has 31 heavy (non-hydrogen) atoms. The zero-order valence-corrected chi connectivity index (χ0v) is 19.9. The number of hydrogen-bond acceptors (Lipinski definition) is 4. The quantitative estimate of drug-likeness (QED) is 0.496. The highest BCUT2D eigenvalue weighted by molar-refractivity contribution is 5.79. The molecule has 2 N–H and O–H groups in total. The average Bonchev–Trinajstić information content (AvgIpc) is 3.03. The molecule has 1 saturated heterocycles. The first kappa shape index (κ1) is 23.3. The van der Waals surface area contributed by atoms with Gasteiger partial charge in [-0.2, -0.15) is 0 Å². The van der Waals surface area contributed by atoms with Gasteiger partial charge in [0.2, 0.25) is 5.89 Å². The fourth-order valence-corrected chi connectivity index (χ4v) is 4.23. The van der Waals surface area contributed by atoms with Gasteiger partial charge in [0.1, 0.15) is 5.76 Å². The number of aliphatic imine (C=N–C) groups is 1.